The van der Waals surface area contributed by atoms with Crippen LogP contribution in [0.25, 0.3) is 0 Å². The smallest absolute Gasteiger partial charge is 0.255 e. The van der Waals surface area contributed by atoms with Crippen LogP contribution in [0.3, 0.4) is 0 Å². The fourth-order valence-electron chi connectivity index (χ4n) is 2.75. The van der Waals surface area contributed by atoms with Crippen LogP contribution in [0.5, 0.6) is 0 Å². The van der Waals surface area contributed by atoms with Crippen LogP contribution in [0.4, 0.5) is 11.5 Å². The number of rotatable bonds is 6. The Kier molecular flexibility index (Phi) is 5.81. The number of carbonyl (C=O) groups is 1. The second-order valence-corrected chi connectivity index (χ2v) is 6.68. The maximum absolute atomic E-state index is 12.6. The van der Waals surface area contributed by atoms with Crippen LogP contribution >= 0.6 is 0 Å². The van der Waals surface area contributed by atoms with E-state index >= 15 is 0 Å². The van der Waals surface area contributed by atoms with Crippen molar-refractivity contribution in [3.05, 3.63) is 83.3 Å². The summed E-state index contributed by atoms with van der Waals surface area (Å²) in [5.74, 6) is 0.640. The third-order valence-corrected chi connectivity index (χ3v) is 4.65. The van der Waals surface area contributed by atoms with Crippen molar-refractivity contribution < 1.29 is 4.79 Å². The second kappa shape index (κ2) is 8.45. The van der Waals surface area contributed by atoms with E-state index in [0.717, 1.165) is 30.0 Å². The van der Waals surface area contributed by atoms with E-state index < -0.39 is 0 Å². The quantitative estimate of drug-likeness (QED) is 0.721. The van der Waals surface area contributed by atoms with E-state index in [9.17, 15) is 4.79 Å². The molecule has 0 aliphatic carbocycles. The summed E-state index contributed by atoms with van der Waals surface area (Å²) in [5.41, 5.74) is 4.97. The largest absolute Gasteiger partial charge is 0.359 e. The van der Waals surface area contributed by atoms with Gasteiger partial charge >= 0.3 is 0 Å². The number of aryl methyl sites for hydroxylation is 2. The molecule has 5 nitrogen and oxygen atoms in total. The first kappa shape index (κ1) is 18.6. The molecular formula is C22H24N4O. The fourth-order valence-corrected chi connectivity index (χ4v) is 2.75. The molecular weight excluding hydrogens is 336 g/mol. The Morgan fingerprint density at radius 1 is 1.00 bits per heavy atom. The highest BCUT2D eigenvalue weighted by Gasteiger charge is 2.10. The van der Waals surface area contributed by atoms with Crippen molar-refractivity contribution in [2.24, 2.45) is 0 Å². The van der Waals surface area contributed by atoms with Gasteiger partial charge in [0, 0.05) is 43.4 Å². The standard InChI is InChI=1S/C22H24N4O/c1-16-4-5-20(14-17(16)2)25-22(27)19-8-12-24-21(15-19)26(3)13-9-18-6-10-23-11-7-18/h4-8,10-12,14-15H,9,13H2,1-3H3,(H,25,27). The summed E-state index contributed by atoms with van der Waals surface area (Å²) < 4.78 is 0. The number of carbonyl (C=O) groups excluding carboxylic acids is 1. The van der Waals surface area contributed by atoms with Gasteiger partial charge in [-0.25, -0.2) is 4.98 Å². The zero-order chi connectivity index (χ0) is 19.2. The van der Waals surface area contributed by atoms with Crippen LogP contribution < -0.4 is 10.2 Å². The van der Waals surface area contributed by atoms with Crippen molar-refractivity contribution in [3.63, 3.8) is 0 Å². The zero-order valence-electron chi connectivity index (χ0n) is 15.9. The van der Waals surface area contributed by atoms with Gasteiger partial charge in [-0.2, -0.15) is 0 Å². The number of hydrogen-bond donors (Lipinski definition) is 1. The Hall–Kier alpha value is -3.21. The highest BCUT2D eigenvalue weighted by Crippen LogP contribution is 2.17. The van der Waals surface area contributed by atoms with E-state index in [2.05, 4.69) is 22.2 Å². The number of nitrogens with one attached hydrogen (secondary N) is 1. The number of anilines is 2. The minimum atomic E-state index is -0.135. The van der Waals surface area contributed by atoms with E-state index in [4.69, 9.17) is 0 Å². The third-order valence-electron chi connectivity index (χ3n) is 4.65. The van der Waals surface area contributed by atoms with E-state index in [1.165, 1.54) is 11.1 Å². The van der Waals surface area contributed by atoms with Gasteiger partial charge in [-0.3, -0.25) is 9.78 Å². The normalized spacial score (nSPS) is 10.5. The average Bonchev–Trinajstić information content (AvgIpc) is 2.70. The lowest BCUT2D eigenvalue weighted by atomic mass is 10.1. The summed E-state index contributed by atoms with van der Waals surface area (Å²) >= 11 is 0. The lowest BCUT2D eigenvalue weighted by Crippen LogP contribution is -2.22. The Morgan fingerprint density at radius 3 is 2.52 bits per heavy atom. The molecule has 1 N–H and O–H groups in total. The van der Waals surface area contributed by atoms with Crippen LogP contribution in [0.1, 0.15) is 27.0 Å². The molecule has 5 heteroatoms. The summed E-state index contributed by atoms with van der Waals surface area (Å²) in [4.78, 5) is 23.1. The first-order chi connectivity index (χ1) is 13.0. The predicted molar refractivity (Wildman–Crippen MR) is 109 cm³/mol. The molecule has 0 bridgehead atoms. The summed E-state index contributed by atoms with van der Waals surface area (Å²) in [7, 11) is 1.98. The van der Waals surface area contributed by atoms with Crippen molar-refractivity contribution in [2.45, 2.75) is 20.3 Å². The average molecular weight is 360 g/mol. The van der Waals surface area contributed by atoms with Gasteiger partial charge in [-0.05, 0) is 73.4 Å². The van der Waals surface area contributed by atoms with E-state index in [1.54, 1.807) is 24.7 Å². The monoisotopic (exact) mass is 360 g/mol. The van der Waals surface area contributed by atoms with Crippen molar-refractivity contribution >= 4 is 17.4 Å². The van der Waals surface area contributed by atoms with Gasteiger partial charge < -0.3 is 10.2 Å². The second-order valence-electron chi connectivity index (χ2n) is 6.68. The maximum Gasteiger partial charge on any atom is 0.255 e. The number of amides is 1. The SMILES string of the molecule is Cc1ccc(NC(=O)c2ccnc(N(C)CCc3ccncc3)c2)cc1C. The number of pyridine rings is 2. The lowest BCUT2D eigenvalue weighted by Gasteiger charge is -2.18. The first-order valence-corrected chi connectivity index (χ1v) is 8.97. The van der Waals surface area contributed by atoms with Gasteiger partial charge in [-0.15, -0.1) is 0 Å². The van der Waals surface area contributed by atoms with E-state index in [1.807, 2.05) is 55.3 Å². The summed E-state index contributed by atoms with van der Waals surface area (Å²) in [6.45, 7) is 4.89. The Balaban J connectivity index is 1.66. The molecule has 2 aromatic heterocycles. The molecule has 3 aromatic rings. The van der Waals surface area contributed by atoms with Crippen LogP contribution in [0, 0.1) is 13.8 Å². The molecule has 0 atom stereocenters. The van der Waals surface area contributed by atoms with Crippen molar-refractivity contribution in [2.75, 3.05) is 23.8 Å². The number of aromatic nitrogens is 2. The van der Waals surface area contributed by atoms with Crippen LogP contribution in [0.2, 0.25) is 0 Å². The van der Waals surface area contributed by atoms with Gasteiger partial charge in [-0.1, -0.05) is 6.07 Å². The Morgan fingerprint density at radius 2 is 1.78 bits per heavy atom. The van der Waals surface area contributed by atoms with Crippen molar-refractivity contribution in [1.82, 2.24) is 9.97 Å². The Bertz CT molecular complexity index is 925. The number of likely N-dealkylation sites (N-methyl/N-ethyl adjacent to an activating group) is 1. The van der Waals surface area contributed by atoms with E-state index in [-0.39, 0.29) is 5.91 Å². The predicted octanol–water partition coefficient (Wildman–Crippen LogP) is 4.02. The van der Waals surface area contributed by atoms with Gasteiger partial charge in [0.15, 0.2) is 0 Å². The number of benzene rings is 1. The maximum atomic E-state index is 12.6. The molecule has 0 saturated carbocycles. The van der Waals surface area contributed by atoms with Crippen LogP contribution in [-0.4, -0.2) is 29.5 Å². The molecule has 0 spiro atoms. The zero-order valence-corrected chi connectivity index (χ0v) is 15.9. The topological polar surface area (TPSA) is 58.1 Å². The molecule has 3 rings (SSSR count). The highest BCUT2D eigenvalue weighted by atomic mass is 16.1. The first-order valence-electron chi connectivity index (χ1n) is 8.97. The van der Waals surface area contributed by atoms with Gasteiger partial charge in [0.2, 0.25) is 0 Å². The molecule has 1 aromatic carbocycles. The lowest BCUT2D eigenvalue weighted by molar-refractivity contribution is 0.102. The third kappa shape index (κ3) is 4.91. The minimum Gasteiger partial charge on any atom is -0.359 e. The molecule has 0 saturated heterocycles. The fraction of sp³-hybridized carbons (Fsp3) is 0.227. The van der Waals surface area contributed by atoms with Crippen LogP contribution in [-0.2, 0) is 6.42 Å². The summed E-state index contributed by atoms with van der Waals surface area (Å²) in [5, 5.41) is 2.96. The molecule has 1 amide bonds. The molecule has 0 fully saturated rings. The Labute approximate surface area is 160 Å². The van der Waals surface area contributed by atoms with E-state index in [0.29, 0.717) is 5.56 Å². The minimum absolute atomic E-state index is 0.135. The molecule has 0 aliphatic rings. The number of nitrogens with zero attached hydrogens (tertiary/aromatic N) is 3. The molecule has 27 heavy (non-hydrogen) atoms. The molecule has 0 aliphatic heterocycles. The van der Waals surface area contributed by atoms with Gasteiger partial charge in [0.05, 0.1) is 0 Å². The summed E-state index contributed by atoms with van der Waals surface area (Å²) in [6, 6.07) is 13.5. The van der Waals surface area contributed by atoms with Gasteiger partial charge in [0.25, 0.3) is 5.91 Å². The van der Waals surface area contributed by atoms with Crippen LogP contribution in [0.15, 0.2) is 61.1 Å². The molecule has 138 valence electrons. The summed E-state index contributed by atoms with van der Waals surface area (Å²) in [6.07, 6.45) is 6.16. The molecule has 0 radical (unpaired) electrons. The van der Waals surface area contributed by atoms with Crippen molar-refractivity contribution in [3.8, 4) is 0 Å². The molecule has 0 unspecified atom stereocenters. The number of hydrogen-bond acceptors (Lipinski definition) is 4. The molecule has 2 heterocycles. The highest BCUT2D eigenvalue weighted by molar-refractivity contribution is 6.04. The van der Waals surface area contributed by atoms with Crippen molar-refractivity contribution in [1.29, 1.82) is 0 Å². The van der Waals surface area contributed by atoms with Gasteiger partial charge in [0.1, 0.15) is 5.82 Å².